The number of piperidine rings is 1. The Kier molecular flexibility index (Phi) is 5.97. The second-order valence-electron chi connectivity index (χ2n) is 7.91. The molecule has 1 amide bonds. The molecule has 8 heteroatoms. The van der Waals surface area contributed by atoms with E-state index < -0.39 is 10.0 Å². The summed E-state index contributed by atoms with van der Waals surface area (Å²) in [5.41, 5.74) is 0.405. The molecule has 4 rings (SSSR count). The minimum atomic E-state index is -3.75. The summed E-state index contributed by atoms with van der Waals surface area (Å²) in [6.07, 6.45) is 6.83. The van der Waals surface area contributed by atoms with Gasteiger partial charge in [-0.05, 0) is 49.8 Å². The van der Waals surface area contributed by atoms with Crippen molar-refractivity contribution >= 4 is 27.5 Å². The van der Waals surface area contributed by atoms with Crippen LogP contribution in [0.3, 0.4) is 0 Å². The number of carbonyl (C=O) groups excluding carboxylic acids is 1. The predicted molar refractivity (Wildman–Crippen MR) is 107 cm³/mol. The first kappa shape index (κ1) is 20.1. The zero-order valence-corrected chi connectivity index (χ0v) is 17.6. The van der Waals surface area contributed by atoms with Crippen molar-refractivity contribution in [2.75, 3.05) is 32.8 Å². The van der Waals surface area contributed by atoms with E-state index in [0.717, 1.165) is 25.8 Å². The Morgan fingerprint density at radius 3 is 2.54 bits per heavy atom. The Morgan fingerprint density at radius 1 is 1.04 bits per heavy atom. The molecule has 1 aromatic carbocycles. The van der Waals surface area contributed by atoms with Crippen molar-refractivity contribution in [3.8, 4) is 0 Å². The normalized spacial score (nSPS) is 26.7. The largest absolute Gasteiger partial charge is 0.379 e. The van der Waals surface area contributed by atoms with Crippen molar-refractivity contribution in [3.63, 3.8) is 0 Å². The highest BCUT2D eigenvalue weighted by Crippen LogP contribution is 2.36. The van der Waals surface area contributed by atoms with E-state index in [2.05, 4.69) is 0 Å². The number of rotatable bonds is 3. The first-order valence-electron chi connectivity index (χ1n) is 10.2. The van der Waals surface area contributed by atoms with Crippen LogP contribution in [0.25, 0.3) is 0 Å². The minimum Gasteiger partial charge on any atom is -0.379 e. The highest BCUT2D eigenvalue weighted by Gasteiger charge is 2.36. The number of nitrogens with zero attached hydrogens (tertiary/aromatic N) is 2. The van der Waals surface area contributed by atoms with E-state index in [0.29, 0.717) is 37.8 Å². The molecule has 2 saturated heterocycles. The predicted octanol–water partition coefficient (Wildman–Crippen LogP) is 3.16. The molecule has 1 aromatic rings. The molecule has 2 heterocycles. The number of hydrogen-bond acceptors (Lipinski definition) is 4. The molecule has 0 radical (unpaired) electrons. The SMILES string of the molecule is O=C(c1ccc(Cl)c(S(=O)(=O)N2CCOCC2)c1)N1CCC[C@H]2CCCC[C@@H]21. The van der Waals surface area contributed by atoms with Crippen LogP contribution in [-0.2, 0) is 14.8 Å². The molecule has 154 valence electrons. The maximum absolute atomic E-state index is 13.3. The van der Waals surface area contributed by atoms with Crippen molar-refractivity contribution < 1.29 is 17.9 Å². The molecule has 28 heavy (non-hydrogen) atoms. The van der Waals surface area contributed by atoms with Gasteiger partial charge in [-0.1, -0.05) is 24.4 Å². The van der Waals surface area contributed by atoms with E-state index in [1.165, 1.54) is 35.7 Å². The van der Waals surface area contributed by atoms with Gasteiger partial charge in [-0.25, -0.2) is 8.42 Å². The Labute approximate surface area is 171 Å². The molecule has 0 spiro atoms. The zero-order chi connectivity index (χ0) is 19.7. The highest BCUT2D eigenvalue weighted by molar-refractivity contribution is 7.89. The molecule has 3 fully saturated rings. The molecule has 0 aromatic heterocycles. The van der Waals surface area contributed by atoms with Crippen molar-refractivity contribution in [1.82, 2.24) is 9.21 Å². The third kappa shape index (κ3) is 3.82. The summed E-state index contributed by atoms with van der Waals surface area (Å²) in [6.45, 7) is 2.08. The lowest BCUT2D eigenvalue weighted by molar-refractivity contribution is 0.0390. The second-order valence-corrected chi connectivity index (χ2v) is 10.2. The van der Waals surface area contributed by atoms with Crippen LogP contribution in [-0.4, -0.2) is 62.4 Å². The van der Waals surface area contributed by atoms with Gasteiger partial charge in [-0.2, -0.15) is 4.31 Å². The highest BCUT2D eigenvalue weighted by atomic mass is 35.5. The van der Waals surface area contributed by atoms with Gasteiger partial charge in [0.25, 0.3) is 5.91 Å². The van der Waals surface area contributed by atoms with Crippen LogP contribution >= 0.6 is 11.6 Å². The molecule has 3 aliphatic rings. The van der Waals surface area contributed by atoms with Gasteiger partial charge in [0.1, 0.15) is 4.90 Å². The number of morpholine rings is 1. The Balaban J connectivity index is 1.62. The van der Waals surface area contributed by atoms with Gasteiger partial charge in [0.15, 0.2) is 0 Å². The van der Waals surface area contributed by atoms with E-state index in [1.54, 1.807) is 6.07 Å². The van der Waals surface area contributed by atoms with Crippen LogP contribution in [0.1, 0.15) is 48.9 Å². The third-order valence-corrected chi connectivity index (χ3v) is 8.65. The summed E-state index contributed by atoms with van der Waals surface area (Å²) in [5.74, 6) is 0.502. The molecule has 0 N–H and O–H groups in total. The maximum atomic E-state index is 13.3. The van der Waals surface area contributed by atoms with Gasteiger partial charge in [0, 0.05) is 31.2 Å². The monoisotopic (exact) mass is 426 g/mol. The topological polar surface area (TPSA) is 66.9 Å². The average Bonchev–Trinajstić information content (AvgIpc) is 2.73. The fourth-order valence-electron chi connectivity index (χ4n) is 4.80. The number of hydrogen-bond donors (Lipinski definition) is 0. The lowest BCUT2D eigenvalue weighted by atomic mass is 9.78. The number of ether oxygens (including phenoxy) is 1. The first-order chi connectivity index (χ1) is 13.5. The summed E-state index contributed by atoms with van der Waals surface area (Å²) in [7, 11) is -3.75. The summed E-state index contributed by atoms with van der Waals surface area (Å²) >= 11 is 6.24. The van der Waals surface area contributed by atoms with Crippen LogP contribution in [0, 0.1) is 5.92 Å². The van der Waals surface area contributed by atoms with Crippen molar-refractivity contribution in [1.29, 1.82) is 0 Å². The Morgan fingerprint density at radius 2 is 1.75 bits per heavy atom. The lowest BCUT2D eigenvalue weighted by Gasteiger charge is -2.44. The molecule has 2 atom stereocenters. The molecule has 1 saturated carbocycles. The van der Waals surface area contributed by atoms with Crippen LogP contribution in [0.15, 0.2) is 23.1 Å². The maximum Gasteiger partial charge on any atom is 0.254 e. The van der Waals surface area contributed by atoms with E-state index in [1.807, 2.05) is 4.90 Å². The number of amides is 1. The average molecular weight is 427 g/mol. The summed E-state index contributed by atoms with van der Waals surface area (Å²) in [5, 5.41) is 0.150. The van der Waals surface area contributed by atoms with Crippen LogP contribution in [0.2, 0.25) is 5.02 Å². The number of benzene rings is 1. The van der Waals surface area contributed by atoms with Crippen molar-refractivity contribution in [3.05, 3.63) is 28.8 Å². The van der Waals surface area contributed by atoms with Crippen molar-refractivity contribution in [2.24, 2.45) is 5.92 Å². The number of fused-ring (bicyclic) bond motifs is 1. The summed E-state index contributed by atoms with van der Waals surface area (Å²) in [6, 6.07) is 4.92. The van der Waals surface area contributed by atoms with E-state index in [9.17, 15) is 13.2 Å². The first-order valence-corrected chi connectivity index (χ1v) is 12.0. The van der Waals surface area contributed by atoms with Gasteiger partial charge in [0.05, 0.1) is 18.2 Å². The molecule has 0 unspecified atom stereocenters. The van der Waals surface area contributed by atoms with E-state index in [-0.39, 0.29) is 21.9 Å². The molecule has 0 bridgehead atoms. The molecule has 1 aliphatic carbocycles. The van der Waals surface area contributed by atoms with E-state index in [4.69, 9.17) is 16.3 Å². The number of carbonyl (C=O) groups is 1. The summed E-state index contributed by atoms with van der Waals surface area (Å²) in [4.78, 5) is 15.3. The number of sulfonamides is 1. The van der Waals surface area contributed by atoms with Gasteiger partial charge in [-0.3, -0.25) is 4.79 Å². The number of likely N-dealkylation sites (tertiary alicyclic amines) is 1. The lowest BCUT2D eigenvalue weighted by Crippen LogP contribution is -2.49. The molecular formula is C20H27ClN2O4S. The molecular weight excluding hydrogens is 400 g/mol. The minimum absolute atomic E-state index is 0.0131. The van der Waals surface area contributed by atoms with E-state index >= 15 is 0 Å². The van der Waals surface area contributed by atoms with Gasteiger partial charge >= 0.3 is 0 Å². The fourth-order valence-corrected chi connectivity index (χ4v) is 6.71. The fraction of sp³-hybridized carbons (Fsp3) is 0.650. The number of halogens is 1. The Bertz CT molecular complexity index is 837. The smallest absolute Gasteiger partial charge is 0.254 e. The van der Waals surface area contributed by atoms with Gasteiger partial charge in [-0.15, -0.1) is 0 Å². The molecule has 6 nitrogen and oxygen atoms in total. The third-order valence-electron chi connectivity index (χ3n) is 6.27. The zero-order valence-electron chi connectivity index (χ0n) is 16.0. The standard InChI is InChI=1S/C20H27ClN2O4S/c21-17-8-7-16(14-19(17)28(25,26)22-10-12-27-13-11-22)20(24)23-9-3-5-15-4-1-2-6-18(15)23/h7-8,14-15,18H,1-6,9-13H2/t15-,18+/m1/s1. The second kappa shape index (κ2) is 8.30. The van der Waals surface area contributed by atoms with Gasteiger partial charge in [0.2, 0.25) is 10.0 Å². The quantitative estimate of drug-likeness (QED) is 0.744. The molecule has 2 aliphatic heterocycles. The van der Waals surface area contributed by atoms with Crippen LogP contribution in [0.4, 0.5) is 0 Å². The Hall–Kier alpha value is -1.15. The van der Waals surface area contributed by atoms with Crippen LogP contribution < -0.4 is 0 Å². The summed E-state index contributed by atoms with van der Waals surface area (Å²) < 4.78 is 32.7. The van der Waals surface area contributed by atoms with Crippen LogP contribution in [0.5, 0.6) is 0 Å². The van der Waals surface area contributed by atoms with Gasteiger partial charge < -0.3 is 9.64 Å². The van der Waals surface area contributed by atoms with Crippen molar-refractivity contribution in [2.45, 2.75) is 49.5 Å².